The number of pyridine rings is 1. The lowest BCUT2D eigenvalue weighted by Crippen LogP contribution is -2.21. The summed E-state index contributed by atoms with van der Waals surface area (Å²) in [5.41, 5.74) is -0.305. The van der Waals surface area contributed by atoms with Gasteiger partial charge in [0, 0.05) is 18.1 Å². The number of ether oxygens (including phenoxy) is 1. The minimum absolute atomic E-state index is 0.0797. The lowest BCUT2D eigenvalue weighted by molar-refractivity contribution is 0.0524. The highest BCUT2D eigenvalue weighted by molar-refractivity contribution is 6.35. The van der Waals surface area contributed by atoms with Crippen molar-refractivity contribution < 1.29 is 13.9 Å². The van der Waals surface area contributed by atoms with E-state index < -0.39 is 17.2 Å². The Balaban J connectivity index is 2.84. The summed E-state index contributed by atoms with van der Waals surface area (Å²) in [6, 6.07) is 2.44. The van der Waals surface area contributed by atoms with Crippen molar-refractivity contribution in [2.45, 2.75) is 20.4 Å². The number of carbonyl (C=O) groups is 1. The van der Waals surface area contributed by atoms with Gasteiger partial charge in [0.05, 0.1) is 12.1 Å². The summed E-state index contributed by atoms with van der Waals surface area (Å²) in [6.07, 6.45) is 1.36. The van der Waals surface area contributed by atoms with Gasteiger partial charge in [-0.1, -0.05) is 11.6 Å². The van der Waals surface area contributed by atoms with E-state index in [2.05, 4.69) is 0 Å². The van der Waals surface area contributed by atoms with E-state index in [4.69, 9.17) is 16.3 Å². The molecule has 0 aliphatic heterocycles. The number of halogens is 2. The highest BCUT2D eigenvalue weighted by atomic mass is 35.5. The van der Waals surface area contributed by atoms with E-state index in [1.54, 1.807) is 18.4 Å². The van der Waals surface area contributed by atoms with Gasteiger partial charge in [-0.15, -0.1) is 0 Å². The van der Waals surface area contributed by atoms with Crippen molar-refractivity contribution in [1.82, 2.24) is 4.57 Å². The molecule has 4 nitrogen and oxygen atoms in total. The molecule has 0 spiro atoms. The van der Waals surface area contributed by atoms with Crippen LogP contribution in [0.4, 0.5) is 4.39 Å². The van der Waals surface area contributed by atoms with E-state index in [-0.39, 0.29) is 28.1 Å². The molecule has 2 aromatic rings. The summed E-state index contributed by atoms with van der Waals surface area (Å²) in [5.74, 6) is -1.30. The van der Waals surface area contributed by atoms with E-state index in [0.717, 1.165) is 6.07 Å². The molecule has 1 aromatic heterocycles. The molecular formula is C14H13ClFNO3. The van der Waals surface area contributed by atoms with Crippen LogP contribution < -0.4 is 5.43 Å². The Kier molecular flexibility index (Phi) is 4.09. The molecule has 106 valence electrons. The van der Waals surface area contributed by atoms with Gasteiger partial charge in [-0.05, 0) is 26.0 Å². The van der Waals surface area contributed by atoms with Gasteiger partial charge in [0.2, 0.25) is 5.43 Å². The maximum absolute atomic E-state index is 13.5. The fourth-order valence-electron chi connectivity index (χ4n) is 2.03. The van der Waals surface area contributed by atoms with Gasteiger partial charge in [-0.25, -0.2) is 9.18 Å². The van der Waals surface area contributed by atoms with Crippen LogP contribution in [0.25, 0.3) is 10.9 Å². The Morgan fingerprint density at radius 2 is 2.10 bits per heavy atom. The molecule has 0 radical (unpaired) electrons. The smallest absolute Gasteiger partial charge is 0.343 e. The predicted octanol–water partition coefficient (Wildman–Crippen LogP) is 2.99. The summed E-state index contributed by atoms with van der Waals surface area (Å²) < 4.78 is 20.0. The van der Waals surface area contributed by atoms with E-state index in [1.165, 1.54) is 12.3 Å². The molecule has 0 saturated carbocycles. The van der Waals surface area contributed by atoms with Gasteiger partial charge in [0.15, 0.2) is 0 Å². The van der Waals surface area contributed by atoms with E-state index in [0.29, 0.717) is 6.54 Å². The first kappa shape index (κ1) is 14.5. The zero-order chi connectivity index (χ0) is 14.9. The number of hydrogen-bond donors (Lipinski definition) is 0. The first-order valence-corrected chi connectivity index (χ1v) is 6.57. The van der Waals surface area contributed by atoms with Crippen molar-refractivity contribution in [3.63, 3.8) is 0 Å². The number of carbonyl (C=O) groups excluding carboxylic acids is 1. The lowest BCUT2D eigenvalue weighted by Gasteiger charge is -2.12. The van der Waals surface area contributed by atoms with Crippen molar-refractivity contribution in [1.29, 1.82) is 0 Å². The fourth-order valence-corrected chi connectivity index (χ4v) is 2.31. The molecule has 6 heteroatoms. The van der Waals surface area contributed by atoms with Gasteiger partial charge in [-0.3, -0.25) is 4.79 Å². The van der Waals surface area contributed by atoms with Crippen LogP contribution in [0.1, 0.15) is 24.2 Å². The van der Waals surface area contributed by atoms with Gasteiger partial charge in [0.1, 0.15) is 16.4 Å². The number of rotatable bonds is 3. The molecule has 1 heterocycles. The van der Waals surface area contributed by atoms with Crippen molar-refractivity contribution in [2.24, 2.45) is 0 Å². The van der Waals surface area contributed by atoms with E-state index in [1.807, 2.05) is 0 Å². The summed E-state index contributed by atoms with van der Waals surface area (Å²) in [4.78, 5) is 24.1. The Labute approximate surface area is 119 Å². The molecule has 20 heavy (non-hydrogen) atoms. The molecule has 1 aromatic carbocycles. The molecular weight excluding hydrogens is 285 g/mol. The molecule has 0 aliphatic carbocycles. The maximum atomic E-state index is 13.5. The van der Waals surface area contributed by atoms with Gasteiger partial charge in [0.25, 0.3) is 0 Å². The van der Waals surface area contributed by atoms with Gasteiger partial charge < -0.3 is 9.30 Å². The molecule has 0 unspecified atom stereocenters. The predicted molar refractivity (Wildman–Crippen MR) is 74.8 cm³/mol. The summed E-state index contributed by atoms with van der Waals surface area (Å²) in [7, 11) is 0. The second-order valence-electron chi connectivity index (χ2n) is 4.14. The van der Waals surface area contributed by atoms with E-state index in [9.17, 15) is 14.0 Å². The van der Waals surface area contributed by atoms with Crippen LogP contribution in [0.3, 0.4) is 0 Å². The number of fused-ring (bicyclic) bond motifs is 1. The molecule has 0 atom stereocenters. The van der Waals surface area contributed by atoms with Crippen molar-refractivity contribution in [3.8, 4) is 0 Å². The molecule has 0 saturated heterocycles. The molecule has 2 rings (SSSR count). The standard InChI is InChI=1S/C14H13ClFNO3/c1-3-17-7-9(14(19)20-4-2)13(18)8-5-6-10(16)11(15)12(8)17/h5-7H,3-4H2,1-2H3. The van der Waals surface area contributed by atoms with Crippen LogP contribution in [0, 0.1) is 5.82 Å². The van der Waals surface area contributed by atoms with Crippen molar-refractivity contribution in [2.75, 3.05) is 6.61 Å². The minimum Gasteiger partial charge on any atom is -0.462 e. The third-order valence-corrected chi connectivity index (χ3v) is 3.33. The largest absolute Gasteiger partial charge is 0.462 e. The zero-order valence-electron chi connectivity index (χ0n) is 11.1. The molecule has 0 amide bonds. The topological polar surface area (TPSA) is 48.3 Å². The lowest BCUT2D eigenvalue weighted by atomic mass is 10.1. The second-order valence-corrected chi connectivity index (χ2v) is 4.51. The first-order chi connectivity index (χ1) is 9.51. The van der Waals surface area contributed by atoms with Crippen molar-refractivity contribution >= 4 is 28.5 Å². The highest BCUT2D eigenvalue weighted by Crippen LogP contribution is 2.25. The molecule has 0 bridgehead atoms. The average Bonchev–Trinajstić information content (AvgIpc) is 2.43. The van der Waals surface area contributed by atoms with Crippen LogP contribution in [0.2, 0.25) is 5.02 Å². The summed E-state index contributed by atoms with van der Waals surface area (Å²) >= 11 is 5.92. The number of benzene rings is 1. The van der Waals surface area contributed by atoms with Gasteiger partial charge >= 0.3 is 5.97 Å². The number of esters is 1. The number of nitrogens with zero attached hydrogens (tertiary/aromatic N) is 1. The normalized spacial score (nSPS) is 10.8. The zero-order valence-corrected chi connectivity index (χ0v) is 11.8. The maximum Gasteiger partial charge on any atom is 0.343 e. The van der Waals surface area contributed by atoms with E-state index >= 15 is 0 Å². The number of aromatic nitrogens is 1. The third kappa shape index (κ3) is 2.29. The highest BCUT2D eigenvalue weighted by Gasteiger charge is 2.18. The monoisotopic (exact) mass is 297 g/mol. The van der Waals surface area contributed by atoms with Gasteiger partial charge in [-0.2, -0.15) is 0 Å². The Bertz CT molecular complexity index is 739. The SMILES string of the molecule is CCOC(=O)c1cn(CC)c2c(Cl)c(F)ccc2c1=O. The van der Waals surface area contributed by atoms with Crippen LogP contribution in [0.5, 0.6) is 0 Å². The summed E-state index contributed by atoms with van der Waals surface area (Å²) in [5, 5.41) is 0.0701. The quantitative estimate of drug-likeness (QED) is 0.818. The molecule has 0 fully saturated rings. The summed E-state index contributed by atoms with van der Waals surface area (Å²) in [6.45, 7) is 4.07. The number of hydrogen-bond acceptors (Lipinski definition) is 3. The Morgan fingerprint density at radius 3 is 2.70 bits per heavy atom. The third-order valence-electron chi connectivity index (χ3n) is 2.97. The fraction of sp³-hybridized carbons (Fsp3) is 0.286. The van der Waals surface area contributed by atoms with Crippen LogP contribution in [-0.4, -0.2) is 17.1 Å². The first-order valence-electron chi connectivity index (χ1n) is 6.19. The van der Waals surface area contributed by atoms with Crippen LogP contribution in [-0.2, 0) is 11.3 Å². The molecule has 0 N–H and O–H groups in total. The van der Waals surface area contributed by atoms with Crippen LogP contribution >= 0.6 is 11.6 Å². The Hall–Kier alpha value is -1.88. The minimum atomic E-state index is -0.693. The average molecular weight is 298 g/mol. The second kappa shape index (κ2) is 5.63. The van der Waals surface area contributed by atoms with Crippen molar-refractivity contribution in [3.05, 3.63) is 45.0 Å². The Morgan fingerprint density at radius 1 is 1.40 bits per heavy atom. The van der Waals surface area contributed by atoms with Crippen LogP contribution in [0.15, 0.2) is 23.1 Å². The molecule has 0 aliphatic rings. The number of aryl methyl sites for hydroxylation is 1.